The average Bonchev–Trinajstić information content (AvgIpc) is 2.15. The Morgan fingerprint density at radius 2 is 1.38 bits per heavy atom. The lowest BCUT2D eigenvalue weighted by molar-refractivity contribution is 0.156. The molecule has 13 heavy (non-hydrogen) atoms. The van der Waals surface area contributed by atoms with Gasteiger partial charge in [-0.3, -0.25) is 0 Å². The fourth-order valence-electron chi connectivity index (χ4n) is 2.06. The molecule has 0 radical (unpaired) electrons. The molecule has 5 unspecified atom stereocenters. The largest absolute Gasteiger partial charge is 0.333 e. The van der Waals surface area contributed by atoms with Crippen molar-refractivity contribution in [1.29, 1.82) is 0 Å². The molecule has 0 aliphatic heterocycles. The molecule has 0 aromatic carbocycles. The quantitative estimate of drug-likeness (QED) is 0.517. The molecule has 80 valence electrons. The molecule has 6 N–H and O–H groups in total. The minimum Gasteiger partial charge on any atom is -0.333 e. The Morgan fingerprint density at radius 1 is 0.923 bits per heavy atom. The van der Waals surface area contributed by atoms with E-state index in [1.165, 1.54) is 7.05 Å². The number of rotatable bonds is 0. The predicted octanol–water partition coefficient (Wildman–Crippen LogP) is 0.528. The van der Waals surface area contributed by atoms with Gasteiger partial charge >= 0.3 is 0 Å². The van der Waals surface area contributed by atoms with Crippen LogP contribution in [0.1, 0.15) is 27.2 Å². The monoisotopic (exact) mass is 187 g/mol. The van der Waals surface area contributed by atoms with Gasteiger partial charge < -0.3 is 17.2 Å². The van der Waals surface area contributed by atoms with Crippen LogP contribution in [-0.2, 0) is 0 Å². The van der Waals surface area contributed by atoms with Crippen LogP contribution < -0.4 is 17.2 Å². The fraction of sp³-hybridized carbons (Fsp3) is 1.00. The smallest absolute Gasteiger partial charge is 0.00940 e. The van der Waals surface area contributed by atoms with Gasteiger partial charge in [-0.25, -0.2) is 0 Å². The molecule has 0 spiro atoms. The van der Waals surface area contributed by atoms with E-state index in [1.54, 1.807) is 0 Å². The summed E-state index contributed by atoms with van der Waals surface area (Å²) in [4.78, 5) is 0. The maximum absolute atomic E-state index is 6.02. The van der Waals surface area contributed by atoms with Crippen molar-refractivity contribution >= 4 is 0 Å². The zero-order chi connectivity index (χ0) is 10.6. The molecule has 3 heteroatoms. The molecular weight excluding hydrogens is 162 g/mol. The molecule has 5 atom stereocenters. The predicted molar refractivity (Wildman–Crippen MR) is 58.2 cm³/mol. The molecule has 1 aliphatic carbocycles. The van der Waals surface area contributed by atoms with Crippen LogP contribution in [0.3, 0.4) is 0 Å². The third-order valence-electron chi connectivity index (χ3n) is 3.41. The summed E-state index contributed by atoms with van der Waals surface area (Å²) in [5.41, 5.74) is 16.5. The van der Waals surface area contributed by atoms with Gasteiger partial charge in [-0.1, -0.05) is 20.8 Å². The number of hydrogen-bond acceptors (Lipinski definition) is 3. The van der Waals surface area contributed by atoms with Crippen LogP contribution in [0.5, 0.6) is 0 Å². The van der Waals surface area contributed by atoms with Crippen LogP contribution in [0, 0.1) is 17.8 Å². The Labute approximate surface area is 82.0 Å². The van der Waals surface area contributed by atoms with Gasteiger partial charge in [0.15, 0.2) is 0 Å². The lowest BCUT2D eigenvalue weighted by Crippen LogP contribution is -2.50. The molecule has 1 saturated carbocycles. The minimum atomic E-state index is 0.352. The Kier molecular flexibility index (Phi) is 5.53. The first kappa shape index (κ1) is 12.9. The van der Waals surface area contributed by atoms with Crippen molar-refractivity contribution in [1.82, 2.24) is 0 Å². The minimum absolute atomic E-state index is 0.352. The molecule has 0 aromatic rings. The highest BCUT2D eigenvalue weighted by Crippen LogP contribution is 2.31. The summed E-state index contributed by atoms with van der Waals surface area (Å²) in [6, 6.07) is 0.713. The first-order chi connectivity index (χ1) is 6.04. The van der Waals surface area contributed by atoms with Crippen LogP contribution >= 0.6 is 0 Å². The first-order valence-corrected chi connectivity index (χ1v) is 5.13. The van der Waals surface area contributed by atoms with E-state index >= 15 is 0 Å². The van der Waals surface area contributed by atoms with Gasteiger partial charge in [0.25, 0.3) is 0 Å². The summed E-state index contributed by atoms with van der Waals surface area (Å²) in [7, 11) is 1.50. The molecule has 0 heterocycles. The van der Waals surface area contributed by atoms with E-state index in [2.05, 4.69) is 26.5 Å². The molecular formula is C10H25N3. The van der Waals surface area contributed by atoms with E-state index < -0.39 is 0 Å². The van der Waals surface area contributed by atoms with Crippen LogP contribution in [0.4, 0.5) is 0 Å². The van der Waals surface area contributed by atoms with E-state index in [0.717, 1.165) is 6.42 Å². The van der Waals surface area contributed by atoms with Crippen LogP contribution in [0.15, 0.2) is 0 Å². The van der Waals surface area contributed by atoms with Gasteiger partial charge in [-0.15, -0.1) is 0 Å². The highest BCUT2D eigenvalue weighted by Gasteiger charge is 2.34. The van der Waals surface area contributed by atoms with Crippen LogP contribution in [-0.4, -0.2) is 19.1 Å². The Morgan fingerprint density at radius 3 is 1.85 bits per heavy atom. The lowest BCUT2D eigenvalue weighted by Gasteiger charge is -2.40. The topological polar surface area (TPSA) is 78.1 Å². The Balaban J connectivity index is 0.000000671. The van der Waals surface area contributed by atoms with Gasteiger partial charge in [0, 0.05) is 12.1 Å². The molecule has 0 aromatic heterocycles. The fourth-order valence-corrected chi connectivity index (χ4v) is 2.06. The summed E-state index contributed by atoms with van der Waals surface area (Å²) in [6.07, 6.45) is 1.09. The first-order valence-electron chi connectivity index (χ1n) is 5.13. The van der Waals surface area contributed by atoms with Crippen molar-refractivity contribution in [2.24, 2.45) is 35.0 Å². The van der Waals surface area contributed by atoms with Crippen molar-refractivity contribution < 1.29 is 0 Å². The van der Waals surface area contributed by atoms with Crippen molar-refractivity contribution in [2.75, 3.05) is 7.05 Å². The van der Waals surface area contributed by atoms with Gasteiger partial charge in [-0.05, 0) is 31.2 Å². The summed E-state index contributed by atoms with van der Waals surface area (Å²) in [5, 5.41) is 0. The van der Waals surface area contributed by atoms with Gasteiger partial charge in [0.1, 0.15) is 0 Å². The maximum Gasteiger partial charge on any atom is 0.00940 e. The SMILES string of the molecule is CC1CC(N)C(C)C(C)C1N.CN. The van der Waals surface area contributed by atoms with Crippen molar-refractivity contribution in [2.45, 2.75) is 39.3 Å². The Hall–Kier alpha value is -0.120. The van der Waals surface area contributed by atoms with E-state index in [4.69, 9.17) is 11.5 Å². The van der Waals surface area contributed by atoms with E-state index in [1.807, 2.05) is 0 Å². The number of hydrogen-bond donors (Lipinski definition) is 3. The third kappa shape index (κ3) is 2.93. The Bertz CT molecular complexity index is 124. The summed E-state index contributed by atoms with van der Waals surface area (Å²) < 4.78 is 0. The van der Waals surface area contributed by atoms with Crippen LogP contribution in [0.25, 0.3) is 0 Å². The summed E-state index contributed by atoms with van der Waals surface area (Å²) >= 11 is 0. The standard InChI is InChI=1S/C9H20N2.CH5N/c1-5-4-8(10)6(2)7(3)9(5)11;1-2/h5-9H,4,10-11H2,1-3H3;2H2,1H3. The van der Waals surface area contributed by atoms with Gasteiger partial charge in [0.2, 0.25) is 0 Å². The normalized spacial score (nSPS) is 45.0. The highest BCUT2D eigenvalue weighted by atomic mass is 14.8. The van der Waals surface area contributed by atoms with E-state index in [-0.39, 0.29) is 0 Å². The zero-order valence-electron chi connectivity index (χ0n) is 9.33. The van der Waals surface area contributed by atoms with Crippen molar-refractivity contribution in [3.05, 3.63) is 0 Å². The summed E-state index contributed by atoms with van der Waals surface area (Å²) in [5.74, 6) is 1.76. The van der Waals surface area contributed by atoms with Gasteiger partial charge in [-0.2, -0.15) is 0 Å². The van der Waals surface area contributed by atoms with Crippen LogP contribution in [0.2, 0.25) is 0 Å². The molecule has 0 amide bonds. The molecule has 0 saturated heterocycles. The third-order valence-corrected chi connectivity index (χ3v) is 3.41. The molecule has 1 fully saturated rings. The molecule has 0 bridgehead atoms. The number of nitrogens with two attached hydrogens (primary N) is 3. The molecule has 1 rings (SSSR count). The summed E-state index contributed by atoms with van der Waals surface area (Å²) in [6.45, 7) is 6.62. The lowest BCUT2D eigenvalue weighted by atomic mass is 9.70. The van der Waals surface area contributed by atoms with Crippen molar-refractivity contribution in [3.63, 3.8) is 0 Å². The second-order valence-electron chi connectivity index (χ2n) is 4.17. The second kappa shape index (κ2) is 5.58. The van der Waals surface area contributed by atoms with E-state index in [9.17, 15) is 0 Å². The maximum atomic E-state index is 6.02. The van der Waals surface area contributed by atoms with Gasteiger partial charge in [0.05, 0.1) is 0 Å². The highest BCUT2D eigenvalue weighted by molar-refractivity contribution is 4.90. The molecule has 1 aliphatic rings. The van der Waals surface area contributed by atoms with Crippen molar-refractivity contribution in [3.8, 4) is 0 Å². The zero-order valence-corrected chi connectivity index (χ0v) is 9.33. The molecule has 3 nitrogen and oxygen atoms in total. The average molecular weight is 187 g/mol. The second-order valence-corrected chi connectivity index (χ2v) is 4.17. The van der Waals surface area contributed by atoms with E-state index in [0.29, 0.717) is 29.8 Å².